The summed E-state index contributed by atoms with van der Waals surface area (Å²) in [5.41, 5.74) is 1.33. The molecule has 4 rings (SSSR count). The van der Waals surface area contributed by atoms with Gasteiger partial charge in [-0.1, -0.05) is 23.7 Å². The summed E-state index contributed by atoms with van der Waals surface area (Å²) < 4.78 is 15.6. The van der Waals surface area contributed by atoms with Crippen LogP contribution in [-0.4, -0.2) is 57.6 Å². The summed E-state index contributed by atoms with van der Waals surface area (Å²) in [5.74, 6) is -1.03. The number of amides is 2. The van der Waals surface area contributed by atoms with E-state index in [0.29, 0.717) is 43.2 Å². The molecule has 1 aromatic heterocycles. The lowest BCUT2D eigenvalue weighted by Gasteiger charge is -2.22. The first-order chi connectivity index (χ1) is 14.5. The molecule has 0 atom stereocenters. The summed E-state index contributed by atoms with van der Waals surface area (Å²) >= 11 is 5.91. The molecule has 1 aliphatic heterocycles. The molecule has 3 aromatic rings. The van der Waals surface area contributed by atoms with E-state index in [1.807, 2.05) is 12.1 Å². The van der Waals surface area contributed by atoms with Crippen molar-refractivity contribution in [3.63, 3.8) is 0 Å². The van der Waals surface area contributed by atoms with Crippen molar-refractivity contribution in [2.45, 2.75) is 6.42 Å². The number of rotatable bonds is 3. The van der Waals surface area contributed by atoms with Crippen LogP contribution in [0.4, 0.5) is 4.39 Å². The van der Waals surface area contributed by atoms with Gasteiger partial charge in [0.1, 0.15) is 5.82 Å². The van der Waals surface area contributed by atoms with Crippen LogP contribution in [0.15, 0.2) is 60.9 Å². The number of halogens is 2. The molecule has 2 amide bonds. The Bertz CT molecular complexity index is 1070. The molecule has 0 radical (unpaired) electrons. The number of aromatic nitrogens is 2. The average molecular weight is 427 g/mol. The molecule has 0 unspecified atom stereocenters. The molecule has 0 N–H and O–H groups in total. The average Bonchev–Trinajstić information content (AvgIpc) is 3.11. The predicted molar refractivity (Wildman–Crippen MR) is 111 cm³/mol. The number of nitrogens with zero attached hydrogens (tertiary/aromatic N) is 4. The highest BCUT2D eigenvalue weighted by Gasteiger charge is 2.25. The Labute approximate surface area is 178 Å². The highest BCUT2D eigenvalue weighted by atomic mass is 35.5. The van der Waals surface area contributed by atoms with Crippen molar-refractivity contribution in [1.29, 1.82) is 0 Å². The minimum absolute atomic E-state index is 0.0570. The van der Waals surface area contributed by atoms with Crippen molar-refractivity contribution >= 4 is 23.4 Å². The molecule has 154 valence electrons. The van der Waals surface area contributed by atoms with Crippen molar-refractivity contribution in [3.05, 3.63) is 82.9 Å². The first-order valence-electron chi connectivity index (χ1n) is 9.66. The zero-order valence-corrected chi connectivity index (χ0v) is 16.9. The Hall–Kier alpha value is -3.19. The minimum Gasteiger partial charge on any atom is -0.337 e. The van der Waals surface area contributed by atoms with Crippen molar-refractivity contribution in [3.8, 4) is 5.69 Å². The summed E-state index contributed by atoms with van der Waals surface area (Å²) in [6.45, 7) is 1.72. The topological polar surface area (TPSA) is 58.4 Å². The van der Waals surface area contributed by atoms with Gasteiger partial charge >= 0.3 is 0 Å². The molecular weight excluding hydrogens is 407 g/mol. The lowest BCUT2D eigenvalue weighted by atomic mass is 10.2. The molecule has 2 heterocycles. The fraction of sp³-hybridized carbons (Fsp3) is 0.227. The van der Waals surface area contributed by atoms with Crippen molar-refractivity contribution in [2.75, 3.05) is 26.2 Å². The zero-order chi connectivity index (χ0) is 21.1. The van der Waals surface area contributed by atoms with E-state index in [4.69, 9.17) is 11.6 Å². The van der Waals surface area contributed by atoms with Crippen molar-refractivity contribution in [1.82, 2.24) is 19.6 Å². The first-order valence-corrected chi connectivity index (χ1v) is 10.0. The molecule has 1 aliphatic rings. The third-order valence-corrected chi connectivity index (χ3v) is 5.35. The molecule has 1 saturated heterocycles. The van der Waals surface area contributed by atoms with E-state index in [2.05, 4.69) is 5.10 Å². The predicted octanol–water partition coefficient (Wildman–Crippen LogP) is 3.65. The van der Waals surface area contributed by atoms with Crippen LogP contribution in [0.25, 0.3) is 5.69 Å². The highest BCUT2D eigenvalue weighted by Crippen LogP contribution is 2.16. The zero-order valence-electron chi connectivity index (χ0n) is 16.2. The molecule has 0 aliphatic carbocycles. The lowest BCUT2D eigenvalue weighted by molar-refractivity contribution is 0.0716. The van der Waals surface area contributed by atoms with Crippen LogP contribution in [0.5, 0.6) is 0 Å². The van der Waals surface area contributed by atoms with E-state index >= 15 is 0 Å². The molecule has 0 spiro atoms. The van der Waals surface area contributed by atoms with Crippen LogP contribution >= 0.6 is 11.6 Å². The maximum atomic E-state index is 14.0. The largest absolute Gasteiger partial charge is 0.337 e. The fourth-order valence-electron chi connectivity index (χ4n) is 3.48. The summed E-state index contributed by atoms with van der Waals surface area (Å²) in [7, 11) is 0. The highest BCUT2D eigenvalue weighted by molar-refractivity contribution is 6.30. The van der Waals surface area contributed by atoms with Crippen LogP contribution in [0, 0.1) is 5.82 Å². The second-order valence-electron chi connectivity index (χ2n) is 7.07. The summed E-state index contributed by atoms with van der Waals surface area (Å²) in [6.07, 6.45) is 3.83. The number of carbonyl (C=O) groups excluding carboxylic acids is 2. The van der Waals surface area contributed by atoms with Gasteiger partial charge in [-0.3, -0.25) is 9.59 Å². The molecule has 0 saturated carbocycles. The second kappa shape index (κ2) is 8.67. The lowest BCUT2D eigenvalue weighted by Crippen LogP contribution is -2.37. The van der Waals surface area contributed by atoms with E-state index in [9.17, 15) is 14.0 Å². The Morgan fingerprint density at radius 3 is 2.27 bits per heavy atom. The van der Waals surface area contributed by atoms with Crippen LogP contribution in [0.3, 0.4) is 0 Å². The van der Waals surface area contributed by atoms with Gasteiger partial charge in [0, 0.05) is 37.4 Å². The van der Waals surface area contributed by atoms with E-state index in [1.54, 1.807) is 44.9 Å². The van der Waals surface area contributed by atoms with E-state index in [0.717, 1.165) is 5.69 Å². The molecule has 6 nitrogen and oxygen atoms in total. The number of carbonyl (C=O) groups is 2. The van der Waals surface area contributed by atoms with Gasteiger partial charge in [0.2, 0.25) is 0 Å². The second-order valence-corrected chi connectivity index (χ2v) is 7.50. The molecule has 1 fully saturated rings. The Kier molecular flexibility index (Phi) is 5.81. The molecule has 0 bridgehead atoms. The van der Waals surface area contributed by atoms with Crippen molar-refractivity contribution < 1.29 is 14.0 Å². The third kappa shape index (κ3) is 4.21. The number of hydrogen-bond donors (Lipinski definition) is 0. The Balaban J connectivity index is 1.43. The smallest absolute Gasteiger partial charge is 0.257 e. The van der Waals surface area contributed by atoms with Gasteiger partial charge in [-0.15, -0.1) is 0 Å². The van der Waals surface area contributed by atoms with E-state index in [1.165, 1.54) is 18.3 Å². The van der Waals surface area contributed by atoms with Crippen LogP contribution < -0.4 is 0 Å². The van der Waals surface area contributed by atoms with E-state index < -0.39 is 5.82 Å². The monoisotopic (exact) mass is 426 g/mol. The molecular formula is C22H20ClFN4O2. The number of benzene rings is 2. The fourth-order valence-corrected chi connectivity index (χ4v) is 3.61. The van der Waals surface area contributed by atoms with Gasteiger partial charge in [0.15, 0.2) is 0 Å². The van der Waals surface area contributed by atoms with Gasteiger partial charge < -0.3 is 9.80 Å². The SMILES string of the molecule is O=C(c1cnn(-c2ccc(Cl)cc2)c1)N1CCCN(C(=O)c2ccccc2F)CC1. The van der Waals surface area contributed by atoms with Crippen molar-refractivity contribution in [2.24, 2.45) is 0 Å². The number of hydrogen-bond acceptors (Lipinski definition) is 3. The van der Waals surface area contributed by atoms with Gasteiger partial charge in [-0.2, -0.15) is 5.10 Å². The third-order valence-electron chi connectivity index (χ3n) is 5.10. The summed E-state index contributed by atoms with van der Waals surface area (Å²) in [5, 5.41) is 4.89. The molecule has 2 aromatic carbocycles. The Morgan fingerprint density at radius 2 is 1.57 bits per heavy atom. The summed E-state index contributed by atoms with van der Waals surface area (Å²) in [6, 6.07) is 13.1. The van der Waals surface area contributed by atoms with Gasteiger partial charge in [0.05, 0.1) is 23.0 Å². The standard InChI is InChI=1S/C22H20ClFN4O2/c23-17-6-8-18(9-7-17)28-15-16(14-25-28)21(29)26-10-3-11-27(13-12-26)22(30)19-4-1-2-5-20(19)24/h1-2,4-9,14-15H,3,10-13H2. The van der Waals surface area contributed by atoms with Gasteiger partial charge in [-0.05, 0) is 42.8 Å². The van der Waals surface area contributed by atoms with Gasteiger partial charge in [-0.25, -0.2) is 9.07 Å². The summed E-state index contributed by atoms with van der Waals surface area (Å²) in [4.78, 5) is 28.9. The van der Waals surface area contributed by atoms with Gasteiger partial charge in [0.25, 0.3) is 11.8 Å². The minimum atomic E-state index is -0.533. The van der Waals surface area contributed by atoms with E-state index in [-0.39, 0.29) is 17.4 Å². The van der Waals surface area contributed by atoms with Crippen LogP contribution in [-0.2, 0) is 0 Å². The van der Waals surface area contributed by atoms with Crippen LogP contribution in [0.2, 0.25) is 5.02 Å². The first kappa shape index (κ1) is 20.1. The maximum absolute atomic E-state index is 14.0. The maximum Gasteiger partial charge on any atom is 0.257 e. The normalized spacial score (nSPS) is 14.5. The quantitative estimate of drug-likeness (QED) is 0.642. The Morgan fingerprint density at radius 1 is 0.900 bits per heavy atom. The molecule has 8 heteroatoms. The van der Waals surface area contributed by atoms with Crippen LogP contribution in [0.1, 0.15) is 27.1 Å². The molecule has 30 heavy (non-hydrogen) atoms.